The number of nitrogens with zero attached hydrogens (tertiary/aromatic N) is 2. The Hall–Kier alpha value is -2.86. The molecule has 0 atom stereocenters. The summed E-state index contributed by atoms with van der Waals surface area (Å²) in [5.74, 6) is 0.628. The Morgan fingerprint density at radius 3 is 2.74 bits per heavy atom. The van der Waals surface area contributed by atoms with E-state index in [-0.39, 0.29) is 5.91 Å². The van der Waals surface area contributed by atoms with E-state index in [9.17, 15) is 4.79 Å². The Bertz CT molecular complexity index is 874. The van der Waals surface area contributed by atoms with Crippen molar-refractivity contribution >= 4 is 17.2 Å². The molecule has 2 heterocycles. The van der Waals surface area contributed by atoms with Crippen molar-refractivity contribution in [3.05, 3.63) is 60.6 Å². The molecule has 0 radical (unpaired) electrons. The Kier molecular flexibility index (Phi) is 5.76. The average molecular weight is 366 g/mol. The second kappa shape index (κ2) is 8.22. The number of aromatic nitrogens is 2. The second-order valence-corrected chi connectivity index (χ2v) is 6.66. The van der Waals surface area contributed by atoms with Gasteiger partial charge in [-0.2, -0.15) is 0 Å². The smallest absolute Gasteiger partial charge is 0.231 e. The van der Waals surface area contributed by atoms with E-state index in [0.29, 0.717) is 37.4 Å². The van der Waals surface area contributed by atoms with Gasteiger partial charge in [0.1, 0.15) is 18.0 Å². The van der Waals surface area contributed by atoms with Crippen LogP contribution in [0.5, 0.6) is 5.75 Å². The number of fused-ring (bicyclic) bond motifs is 1. The van der Waals surface area contributed by atoms with Crippen LogP contribution >= 0.6 is 0 Å². The molecule has 6 nitrogen and oxygen atoms in total. The summed E-state index contributed by atoms with van der Waals surface area (Å²) in [6.07, 6.45) is 5.30. The highest BCUT2D eigenvalue weighted by Crippen LogP contribution is 2.28. The highest BCUT2D eigenvalue weighted by atomic mass is 16.5. The lowest BCUT2D eigenvalue weighted by Gasteiger charge is -2.28. The zero-order chi connectivity index (χ0) is 19.3. The number of carbonyl (C=O) groups is 1. The second-order valence-electron chi connectivity index (χ2n) is 6.66. The van der Waals surface area contributed by atoms with Crippen molar-refractivity contribution in [2.75, 3.05) is 11.9 Å². The summed E-state index contributed by atoms with van der Waals surface area (Å²) in [5.41, 5.74) is 7.76. The molecule has 0 unspecified atom stereocenters. The molecule has 0 fully saturated rings. The van der Waals surface area contributed by atoms with Crippen LogP contribution in [0.2, 0.25) is 0 Å². The molecule has 0 aliphatic rings. The van der Waals surface area contributed by atoms with Crippen molar-refractivity contribution < 1.29 is 9.53 Å². The molecule has 3 N–H and O–H groups in total. The van der Waals surface area contributed by atoms with E-state index in [4.69, 9.17) is 10.5 Å². The third-order valence-corrected chi connectivity index (χ3v) is 5.12. The summed E-state index contributed by atoms with van der Waals surface area (Å²) in [4.78, 5) is 17.2. The Balaban J connectivity index is 1.67. The normalized spacial score (nSPS) is 11.5. The van der Waals surface area contributed by atoms with E-state index in [1.165, 1.54) is 0 Å². The maximum atomic E-state index is 12.7. The molecule has 1 amide bonds. The largest absolute Gasteiger partial charge is 0.487 e. The Labute approximate surface area is 159 Å². The van der Waals surface area contributed by atoms with Gasteiger partial charge in [0.15, 0.2) is 0 Å². The molecule has 1 aromatic carbocycles. The maximum Gasteiger partial charge on any atom is 0.231 e. The van der Waals surface area contributed by atoms with Crippen LogP contribution in [0, 0.1) is 5.41 Å². The minimum atomic E-state index is -0.534. The first kappa shape index (κ1) is 18.9. The van der Waals surface area contributed by atoms with Crippen LogP contribution in [-0.2, 0) is 11.4 Å². The molecule has 0 saturated carbocycles. The molecule has 0 aliphatic carbocycles. The van der Waals surface area contributed by atoms with Gasteiger partial charge >= 0.3 is 0 Å². The van der Waals surface area contributed by atoms with E-state index < -0.39 is 5.41 Å². The topological polar surface area (TPSA) is 81.7 Å². The molecule has 0 spiro atoms. The van der Waals surface area contributed by atoms with Crippen LogP contribution in [0.1, 0.15) is 32.4 Å². The number of nitrogens with two attached hydrogens (primary N) is 1. The number of nitrogens with one attached hydrogen (secondary N) is 1. The fourth-order valence-electron chi connectivity index (χ4n) is 3.09. The van der Waals surface area contributed by atoms with Crippen LogP contribution in [0.15, 0.2) is 54.9 Å². The minimum absolute atomic E-state index is 0.0486. The van der Waals surface area contributed by atoms with Gasteiger partial charge in [0.05, 0.1) is 11.1 Å². The summed E-state index contributed by atoms with van der Waals surface area (Å²) >= 11 is 0. The SMILES string of the molecule is CCC(CC)(CN)C(=O)Nc1cccc(OCc2cn3ccccc3n2)c1. The van der Waals surface area contributed by atoms with Crippen LogP contribution in [0.4, 0.5) is 5.69 Å². The lowest BCUT2D eigenvalue weighted by atomic mass is 9.81. The fourth-order valence-corrected chi connectivity index (χ4v) is 3.09. The van der Waals surface area contributed by atoms with Gasteiger partial charge in [-0.05, 0) is 37.1 Å². The van der Waals surface area contributed by atoms with Crippen molar-refractivity contribution in [1.82, 2.24) is 9.38 Å². The molecule has 3 rings (SSSR count). The number of ether oxygens (including phenoxy) is 1. The lowest BCUT2D eigenvalue weighted by Crippen LogP contribution is -2.41. The lowest BCUT2D eigenvalue weighted by molar-refractivity contribution is -0.125. The highest BCUT2D eigenvalue weighted by Gasteiger charge is 2.33. The van der Waals surface area contributed by atoms with Crippen LogP contribution in [0.25, 0.3) is 5.65 Å². The molecule has 142 valence electrons. The highest BCUT2D eigenvalue weighted by molar-refractivity contribution is 5.95. The van der Waals surface area contributed by atoms with Gasteiger partial charge in [-0.15, -0.1) is 0 Å². The summed E-state index contributed by atoms with van der Waals surface area (Å²) < 4.78 is 7.81. The number of hydrogen-bond donors (Lipinski definition) is 2. The maximum absolute atomic E-state index is 12.7. The molecule has 6 heteroatoms. The van der Waals surface area contributed by atoms with Gasteiger partial charge in [-0.1, -0.05) is 26.0 Å². The van der Waals surface area contributed by atoms with E-state index in [0.717, 1.165) is 11.3 Å². The Morgan fingerprint density at radius 2 is 2.04 bits per heavy atom. The zero-order valence-electron chi connectivity index (χ0n) is 15.8. The number of amides is 1. The first-order chi connectivity index (χ1) is 13.1. The number of carbonyl (C=O) groups excluding carboxylic acids is 1. The first-order valence-corrected chi connectivity index (χ1v) is 9.27. The molecule has 0 bridgehead atoms. The van der Waals surface area contributed by atoms with Crippen molar-refractivity contribution in [2.45, 2.75) is 33.3 Å². The summed E-state index contributed by atoms with van der Waals surface area (Å²) in [7, 11) is 0. The van der Waals surface area contributed by atoms with Crippen molar-refractivity contribution in [3.63, 3.8) is 0 Å². The van der Waals surface area contributed by atoms with Gasteiger partial charge in [0.2, 0.25) is 5.91 Å². The molecule has 27 heavy (non-hydrogen) atoms. The average Bonchev–Trinajstić information content (AvgIpc) is 3.11. The van der Waals surface area contributed by atoms with Crippen molar-refractivity contribution in [3.8, 4) is 5.75 Å². The van der Waals surface area contributed by atoms with Crippen molar-refractivity contribution in [2.24, 2.45) is 11.1 Å². The number of imidazole rings is 1. The van der Waals surface area contributed by atoms with E-state index >= 15 is 0 Å². The molecule has 0 aliphatic heterocycles. The van der Waals surface area contributed by atoms with Gasteiger partial charge in [-0.25, -0.2) is 4.98 Å². The molecule has 2 aromatic heterocycles. The standard InChI is InChI=1S/C21H26N4O2/c1-3-21(4-2,15-22)20(26)24-16-8-7-9-18(12-16)27-14-17-13-25-11-6-5-10-19(25)23-17/h5-13H,3-4,14-15,22H2,1-2H3,(H,24,26). The molecule has 0 saturated heterocycles. The molecular formula is C21H26N4O2. The fraction of sp³-hybridized carbons (Fsp3) is 0.333. The molecule has 3 aromatic rings. The summed E-state index contributed by atoms with van der Waals surface area (Å²) in [6.45, 7) is 4.67. The predicted molar refractivity (Wildman–Crippen MR) is 107 cm³/mol. The summed E-state index contributed by atoms with van der Waals surface area (Å²) in [6, 6.07) is 13.2. The van der Waals surface area contributed by atoms with Crippen LogP contribution in [0.3, 0.4) is 0 Å². The van der Waals surface area contributed by atoms with Gasteiger partial charge < -0.3 is 20.2 Å². The van der Waals surface area contributed by atoms with E-state index in [1.54, 1.807) is 0 Å². The number of anilines is 1. The number of rotatable bonds is 8. The number of benzene rings is 1. The number of pyridine rings is 1. The summed E-state index contributed by atoms with van der Waals surface area (Å²) in [5, 5.41) is 2.98. The van der Waals surface area contributed by atoms with Crippen molar-refractivity contribution in [1.29, 1.82) is 0 Å². The monoisotopic (exact) mass is 366 g/mol. The zero-order valence-corrected chi connectivity index (χ0v) is 15.8. The third kappa shape index (κ3) is 4.11. The van der Waals surface area contributed by atoms with Gasteiger partial charge in [-0.3, -0.25) is 4.79 Å². The van der Waals surface area contributed by atoms with E-state index in [1.807, 2.05) is 73.1 Å². The van der Waals surface area contributed by atoms with Gasteiger partial charge in [0.25, 0.3) is 0 Å². The first-order valence-electron chi connectivity index (χ1n) is 9.27. The molecular weight excluding hydrogens is 340 g/mol. The Morgan fingerprint density at radius 1 is 1.22 bits per heavy atom. The van der Waals surface area contributed by atoms with Crippen LogP contribution in [-0.4, -0.2) is 21.8 Å². The van der Waals surface area contributed by atoms with Crippen LogP contribution < -0.4 is 15.8 Å². The van der Waals surface area contributed by atoms with Gasteiger partial charge in [0, 0.05) is 30.7 Å². The van der Waals surface area contributed by atoms with E-state index in [2.05, 4.69) is 10.3 Å². The number of hydrogen-bond acceptors (Lipinski definition) is 4. The quantitative estimate of drug-likeness (QED) is 0.638. The third-order valence-electron chi connectivity index (χ3n) is 5.12. The predicted octanol–water partition coefficient (Wildman–Crippen LogP) is 3.62. The minimum Gasteiger partial charge on any atom is -0.487 e.